The Bertz CT molecular complexity index is 607. The molecule has 0 saturated carbocycles. The van der Waals surface area contributed by atoms with Gasteiger partial charge >= 0.3 is 6.18 Å². The predicted octanol–water partition coefficient (Wildman–Crippen LogP) is 3.61. The van der Waals surface area contributed by atoms with Crippen molar-refractivity contribution >= 4 is 7.85 Å². The van der Waals surface area contributed by atoms with Gasteiger partial charge in [0.2, 0.25) is 0 Å². The van der Waals surface area contributed by atoms with Crippen LogP contribution >= 0.6 is 0 Å². The quantitative estimate of drug-likeness (QED) is 0.794. The molecule has 0 aliphatic carbocycles. The lowest BCUT2D eigenvalue weighted by Crippen LogP contribution is -2.06. The van der Waals surface area contributed by atoms with Gasteiger partial charge in [0, 0.05) is 0 Å². The van der Waals surface area contributed by atoms with Crippen molar-refractivity contribution in [1.29, 1.82) is 0 Å². The molecular formula is C18H23BF3NO. The van der Waals surface area contributed by atoms with Gasteiger partial charge in [-0.25, -0.2) is 0 Å². The maximum Gasteiger partial charge on any atom is 0.416 e. The third kappa shape index (κ3) is 6.28. The molecule has 6 heteroatoms. The minimum Gasteiger partial charge on any atom is -0.497 e. The number of hydrogen-bond acceptors (Lipinski definition) is 2. The largest absolute Gasteiger partial charge is 0.497 e. The highest BCUT2D eigenvalue weighted by molar-refractivity contribution is 6.14. The van der Waals surface area contributed by atoms with Crippen molar-refractivity contribution in [3.8, 4) is 5.75 Å². The molecule has 130 valence electrons. The van der Waals surface area contributed by atoms with E-state index in [0.717, 1.165) is 29.0 Å². The molecule has 2 rings (SSSR count). The minimum absolute atomic E-state index is 0.0307. The maximum atomic E-state index is 12.5. The monoisotopic (exact) mass is 337 g/mol. The fraction of sp³-hybridized carbons (Fsp3) is 0.333. The molecule has 0 saturated heterocycles. The van der Waals surface area contributed by atoms with Crippen LogP contribution < -0.4 is 4.74 Å². The number of rotatable bonds is 3. The Balaban J connectivity index is 0.000000648. The second-order valence-corrected chi connectivity index (χ2v) is 5.96. The van der Waals surface area contributed by atoms with Crippen LogP contribution in [0.5, 0.6) is 5.75 Å². The fourth-order valence-electron chi connectivity index (χ4n) is 2.05. The molecule has 0 heterocycles. The van der Waals surface area contributed by atoms with E-state index < -0.39 is 11.7 Å². The highest BCUT2D eigenvalue weighted by atomic mass is 19.4. The summed E-state index contributed by atoms with van der Waals surface area (Å²) >= 11 is 0. The summed E-state index contributed by atoms with van der Waals surface area (Å²) in [5, 5.41) is 0. The summed E-state index contributed by atoms with van der Waals surface area (Å²) in [7, 11) is 9.55. The zero-order valence-corrected chi connectivity index (χ0v) is 14.7. The van der Waals surface area contributed by atoms with E-state index in [1.807, 2.05) is 58.2 Å². The molecule has 0 aliphatic rings. The number of methoxy groups -OCH3 is 1. The third-order valence-corrected chi connectivity index (χ3v) is 3.35. The van der Waals surface area contributed by atoms with Crippen LogP contribution in [0.1, 0.15) is 22.5 Å². The van der Waals surface area contributed by atoms with Crippen LogP contribution in [0, 0.1) is 0 Å². The van der Waals surface area contributed by atoms with E-state index in [2.05, 4.69) is 0 Å². The summed E-state index contributed by atoms with van der Waals surface area (Å²) in [6.45, 7) is 0. The molecule has 0 N–H and O–H groups in total. The van der Waals surface area contributed by atoms with Gasteiger partial charge in [0.05, 0.1) is 12.7 Å². The van der Waals surface area contributed by atoms with Crippen molar-refractivity contribution in [2.24, 2.45) is 0 Å². The number of benzene rings is 2. The Kier molecular flexibility index (Phi) is 7.35. The van der Waals surface area contributed by atoms with E-state index in [9.17, 15) is 13.2 Å². The second-order valence-electron chi connectivity index (χ2n) is 5.96. The van der Waals surface area contributed by atoms with Crippen molar-refractivity contribution in [3.05, 3.63) is 65.2 Å². The van der Waals surface area contributed by atoms with E-state index in [-0.39, 0.29) is 5.82 Å². The van der Waals surface area contributed by atoms with Gasteiger partial charge in [0.1, 0.15) is 13.6 Å². The van der Waals surface area contributed by atoms with Crippen molar-refractivity contribution < 1.29 is 17.9 Å². The smallest absolute Gasteiger partial charge is 0.416 e. The lowest BCUT2D eigenvalue weighted by atomic mass is 9.76. The highest BCUT2D eigenvalue weighted by Gasteiger charge is 2.30. The lowest BCUT2D eigenvalue weighted by molar-refractivity contribution is -0.137. The Morgan fingerprint density at radius 2 is 1.25 bits per heavy atom. The molecule has 2 aromatic rings. The van der Waals surface area contributed by atoms with Crippen LogP contribution in [0.2, 0.25) is 0 Å². The van der Waals surface area contributed by atoms with E-state index in [4.69, 9.17) is 4.74 Å². The lowest BCUT2D eigenvalue weighted by Gasteiger charge is -2.14. The summed E-state index contributed by atoms with van der Waals surface area (Å²) in [5.41, 5.74) is 1.26. The van der Waals surface area contributed by atoms with Gasteiger partial charge in [-0.15, -0.1) is 0 Å². The molecule has 0 amide bonds. The molecule has 24 heavy (non-hydrogen) atoms. The first-order valence-corrected chi connectivity index (χ1v) is 7.57. The first-order chi connectivity index (χ1) is 11.1. The molecule has 0 fully saturated rings. The number of hydrogen-bond donors (Lipinski definition) is 0. The third-order valence-electron chi connectivity index (χ3n) is 3.35. The molecule has 1 atom stereocenters. The molecule has 0 bridgehead atoms. The minimum atomic E-state index is -4.29. The molecule has 0 aliphatic heterocycles. The number of nitrogens with zero attached hydrogens (tertiary/aromatic N) is 1. The van der Waals surface area contributed by atoms with Gasteiger partial charge in [-0.1, -0.05) is 24.3 Å². The first kappa shape index (κ1) is 20.1. The Morgan fingerprint density at radius 1 is 0.875 bits per heavy atom. The van der Waals surface area contributed by atoms with Gasteiger partial charge in [0.15, 0.2) is 0 Å². The van der Waals surface area contributed by atoms with Crippen LogP contribution in [-0.2, 0) is 6.18 Å². The topological polar surface area (TPSA) is 12.5 Å². The standard InChI is InChI=1S/C15H14BF3O.C3H9N/c1-20-13-8-4-11(5-9-13)14(16)10-2-6-12(7-3-10)15(17,18)19;1-4(2)3/h2-9,14H,16H2,1H3;1-3H3. The second kappa shape index (κ2) is 8.78. The van der Waals surface area contributed by atoms with E-state index in [1.54, 1.807) is 7.11 Å². The van der Waals surface area contributed by atoms with Crippen LogP contribution in [-0.4, -0.2) is 41.0 Å². The van der Waals surface area contributed by atoms with E-state index >= 15 is 0 Å². The van der Waals surface area contributed by atoms with Gasteiger partial charge in [0.25, 0.3) is 0 Å². The molecule has 0 aromatic heterocycles. The van der Waals surface area contributed by atoms with Crippen molar-refractivity contribution in [2.75, 3.05) is 28.3 Å². The molecule has 0 radical (unpaired) electrons. The Labute approximate surface area is 142 Å². The zero-order chi connectivity index (χ0) is 18.3. The van der Waals surface area contributed by atoms with Gasteiger partial charge in [-0.05, 0) is 62.4 Å². The molecule has 2 nitrogen and oxygen atoms in total. The van der Waals surface area contributed by atoms with Gasteiger partial charge in [-0.3, -0.25) is 0 Å². The number of ether oxygens (including phenoxy) is 1. The zero-order valence-electron chi connectivity index (χ0n) is 14.7. The average molecular weight is 337 g/mol. The summed E-state index contributed by atoms with van der Waals surface area (Å²) in [6.07, 6.45) is -4.29. The van der Waals surface area contributed by atoms with Gasteiger partial charge < -0.3 is 9.64 Å². The summed E-state index contributed by atoms with van der Waals surface area (Å²) in [6, 6.07) is 12.8. The van der Waals surface area contributed by atoms with Crippen molar-refractivity contribution in [1.82, 2.24) is 4.90 Å². The average Bonchev–Trinajstić information content (AvgIpc) is 2.53. The van der Waals surface area contributed by atoms with Crippen LogP contribution in [0.15, 0.2) is 48.5 Å². The number of halogens is 3. The SMILES string of the molecule is BC(c1ccc(OC)cc1)c1ccc(C(F)(F)F)cc1.CN(C)C. The molecule has 1 unspecified atom stereocenters. The van der Waals surface area contributed by atoms with Gasteiger partial charge in [-0.2, -0.15) is 13.2 Å². The van der Waals surface area contributed by atoms with Crippen molar-refractivity contribution in [2.45, 2.75) is 12.0 Å². The van der Waals surface area contributed by atoms with Crippen LogP contribution in [0.25, 0.3) is 0 Å². The maximum absolute atomic E-state index is 12.5. The van der Waals surface area contributed by atoms with Crippen LogP contribution in [0.4, 0.5) is 13.2 Å². The van der Waals surface area contributed by atoms with E-state index in [0.29, 0.717) is 0 Å². The molecule has 2 aromatic carbocycles. The highest BCUT2D eigenvalue weighted by Crippen LogP contribution is 2.31. The van der Waals surface area contributed by atoms with E-state index in [1.165, 1.54) is 12.1 Å². The summed E-state index contributed by atoms with van der Waals surface area (Å²) in [4.78, 5) is 2.00. The van der Waals surface area contributed by atoms with Crippen LogP contribution in [0.3, 0.4) is 0 Å². The Morgan fingerprint density at radius 3 is 1.58 bits per heavy atom. The summed E-state index contributed by atoms with van der Waals surface area (Å²) < 4.78 is 42.6. The normalized spacial score (nSPS) is 12.3. The fourth-order valence-corrected chi connectivity index (χ4v) is 2.05. The first-order valence-electron chi connectivity index (χ1n) is 7.57. The Hall–Kier alpha value is -1.95. The molecular weight excluding hydrogens is 314 g/mol. The predicted molar refractivity (Wildman–Crippen MR) is 94.4 cm³/mol. The number of alkyl halides is 3. The summed E-state index contributed by atoms with van der Waals surface area (Å²) in [5.74, 6) is 0.788. The molecule has 0 spiro atoms. The van der Waals surface area contributed by atoms with Crippen molar-refractivity contribution in [3.63, 3.8) is 0 Å².